The summed E-state index contributed by atoms with van der Waals surface area (Å²) in [6.45, 7) is 3.31. The molecule has 3 heteroatoms. The highest BCUT2D eigenvalue weighted by molar-refractivity contribution is 9.10. The quantitative estimate of drug-likeness (QED) is 0.905. The molecule has 2 atom stereocenters. The Balaban J connectivity index is 1.82. The molecule has 0 saturated carbocycles. The second-order valence-corrected chi connectivity index (χ2v) is 6.05. The Morgan fingerprint density at radius 2 is 2.35 bits per heavy atom. The van der Waals surface area contributed by atoms with Gasteiger partial charge in [-0.25, -0.2) is 0 Å². The summed E-state index contributed by atoms with van der Waals surface area (Å²) in [4.78, 5) is 0. The van der Waals surface area contributed by atoms with Crippen LogP contribution in [0.1, 0.15) is 30.9 Å². The van der Waals surface area contributed by atoms with Crippen LogP contribution >= 0.6 is 15.9 Å². The summed E-state index contributed by atoms with van der Waals surface area (Å²) in [6, 6.07) is 5.21. The van der Waals surface area contributed by atoms with E-state index in [4.69, 9.17) is 4.74 Å². The first-order valence-corrected chi connectivity index (χ1v) is 7.23. The molecule has 1 aromatic carbocycles. The van der Waals surface area contributed by atoms with Crippen LogP contribution in [0.2, 0.25) is 0 Å². The third kappa shape index (κ3) is 2.36. The Morgan fingerprint density at radius 3 is 3.12 bits per heavy atom. The van der Waals surface area contributed by atoms with Gasteiger partial charge in [-0.3, -0.25) is 0 Å². The van der Waals surface area contributed by atoms with Crippen molar-refractivity contribution >= 4 is 15.9 Å². The summed E-state index contributed by atoms with van der Waals surface area (Å²) in [7, 11) is 0. The van der Waals surface area contributed by atoms with E-state index in [1.54, 1.807) is 0 Å². The van der Waals surface area contributed by atoms with E-state index < -0.39 is 0 Å². The van der Waals surface area contributed by atoms with Crippen LogP contribution in [0.25, 0.3) is 0 Å². The van der Waals surface area contributed by atoms with Crippen LogP contribution in [-0.2, 0) is 12.8 Å². The Kier molecular flexibility index (Phi) is 3.14. The highest BCUT2D eigenvalue weighted by atomic mass is 79.9. The molecule has 1 fully saturated rings. The van der Waals surface area contributed by atoms with Gasteiger partial charge in [-0.2, -0.15) is 0 Å². The van der Waals surface area contributed by atoms with Crippen LogP contribution in [0.3, 0.4) is 0 Å². The van der Waals surface area contributed by atoms with Crippen LogP contribution in [0.4, 0.5) is 0 Å². The molecule has 0 spiro atoms. The van der Waals surface area contributed by atoms with Gasteiger partial charge in [0, 0.05) is 12.5 Å². The first-order chi connectivity index (χ1) is 8.22. The maximum absolute atomic E-state index is 5.80. The molecule has 3 rings (SSSR count). The van der Waals surface area contributed by atoms with Gasteiger partial charge in [0.2, 0.25) is 0 Å². The zero-order valence-electron chi connectivity index (χ0n) is 10.1. The van der Waals surface area contributed by atoms with E-state index in [0.717, 1.165) is 23.1 Å². The number of benzene rings is 1. The monoisotopic (exact) mass is 295 g/mol. The van der Waals surface area contributed by atoms with E-state index in [1.165, 1.54) is 30.5 Å². The van der Waals surface area contributed by atoms with E-state index in [9.17, 15) is 0 Å². The molecule has 92 valence electrons. The number of fused-ring (bicyclic) bond motifs is 1. The third-order valence-electron chi connectivity index (χ3n) is 3.65. The SMILES string of the molecule is CC1Cc2cc(CC3CCCN3)cc(Br)c2O1. The van der Waals surface area contributed by atoms with Gasteiger partial charge in [0.1, 0.15) is 11.9 Å². The molecule has 0 aromatic heterocycles. The molecule has 1 aromatic rings. The summed E-state index contributed by atoms with van der Waals surface area (Å²) in [6.07, 6.45) is 5.12. The maximum atomic E-state index is 5.80. The van der Waals surface area contributed by atoms with E-state index in [0.29, 0.717) is 12.1 Å². The minimum atomic E-state index is 0.321. The van der Waals surface area contributed by atoms with Gasteiger partial charge < -0.3 is 10.1 Å². The maximum Gasteiger partial charge on any atom is 0.137 e. The zero-order valence-corrected chi connectivity index (χ0v) is 11.7. The average Bonchev–Trinajstić information content (AvgIpc) is 2.87. The van der Waals surface area contributed by atoms with Crippen LogP contribution < -0.4 is 10.1 Å². The molecule has 0 amide bonds. The van der Waals surface area contributed by atoms with Gasteiger partial charge in [-0.05, 0) is 65.9 Å². The van der Waals surface area contributed by atoms with Crippen molar-refractivity contribution in [1.82, 2.24) is 5.32 Å². The molecule has 2 nitrogen and oxygen atoms in total. The highest BCUT2D eigenvalue weighted by Gasteiger charge is 2.23. The van der Waals surface area contributed by atoms with Crippen molar-refractivity contribution in [2.45, 2.75) is 44.8 Å². The fraction of sp³-hybridized carbons (Fsp3) is 0.571. The lowest BCUT2D eigenvalue weighted by atomic mass is 10.0. The molecule has 0 bridgehead atoms. The summed E-state index contributed by atoms with van der Waals surface area (Å²) < 4.78 is 6.92. The largest absolute Gasteiger partial charge is 0.489 e. The Morgan fingerprint density at radius 1 is 1.47 bits per heavy atom. The Hall–Kier alpha value is -0.540. The molecular weight excluding hydrogens is 278 g/mol. The highest BCUT2D eigenvalue weighted by Crippen LogP contribution is 2.37. The fourth-order valence-electron chi connectivity index (χ4n) is 2.88. The molecule has 1 N–H and O–H groups in total. The number of halogens is 1. The number of hydrogen-bond donors (Lipinski definition) is 1. The summed E-state index contributed by atoms with van der Waals surface area (Å²) in [5, 5.41) is 3.55. The molecule has 1 saturated heterocycles. The summed E-state index contributed by atoms with van der Waals surface area (Å²) in [5.74, 6) is 1.06. The van der Waals surface area contributed by atoms with Gasteiger partial charge in [-0.15, -0.1) is 0 Å². The van der Waals surface area contributed by atoms with Crippen molar-refractivity contribution in [1.29, 1.82) is 0 Å². The van der Waals surface area contributed by atoms with E-state index in [2.05, 4.69) is 40.3 Å². The molecule has 17 heavy (non-hydrogen) atoms. The van der Waals surface area contributed by atoms with Gasteiger partial charge in [0.25, 0.3) is 0 Å². The minimum Gasteiger partial charge on any atom is -0.489 e. The minimum absolute atomic E-state index is 0.321. The van der Waals surface area contributed by atoms with Crippen molar-refractivity contribution < 1.29 is 4.74 Å². The zero-order chi connectivity index (χ0) is 11.8. The average molecular weight is 296 g/mol. The number of hydrogen-bond acceptors (Lipinski definition) is 2. The number of rotatable bonds is 2. The van der Waals surface area contributed by atoms with E-state index >= 15 is 0 Å². The van der Waals surface area contributed by atoms with E-state index in [1.807, 2.05) is 0 Å². The summed E-state index contributed by atoms with van der Waals surface area (Å²) >= 11 is 3.63. The van der Waals surface area contributed by atoms with Crippen LogP contribution in [0, 0.1) is 0 Å². The lowest BCUT2D eigenvalue weighted by Gasteiger charge is -2.12. The van der Waals surface area contributed by atoms with Crippen molar-refractivity contribution in [3.63, 3.8) is 0 Å². The Bertz CT molecular complexity index is 426. The second kappa shape index (κ2) is 4.62. The van der Waals surface area contributed by atoms with Crippen molar-refractivity contribution in [3.05, 3.63) is 27.7 Å². The molecule has 0 aliphatic carbocycles. The van der Waals surface area contributed by atoms with Crippen LogP contribution in [-0.4, -0.2) is 18.7 Å². The molecule has 0 radical (unpaired) electrons. The van der Waals surface area contributed by atoms with Gasteiger partial charge >= 0.3 is 0 Å². The standard InChI is InChI=1S/C14H18BrNO/c1-9-5-11-6-10(7-12-3-2-4-16-12)8-13(15)14(11)17-9/h6,8-9,12,16H,2-5,7H2,1H3. The first-order valence-electron chi connectivity index (χ1n) is 6.43. The van der Waals surface area contributed by atoms with Crippen molar-refractivity contribution in [3.8, 4) is 5.75 Å². The van der Waals surface area contributed by atoms with Crippen LogP contribution in [0.15, 0.2) is 16.6 Å². The van der Waals surface area contributed by atoms with Gasteiger partial charge in [0.05, 0.1) is 4.47 Å². The van der Waals surface area contributed by atoms with E-state index in [-0.39, 0.29) is 0 Å². The normalized spacial score (nSPS) is 26.9. The lowest BCUT2D eigenvalue weighted by Crippen LogP contribution is -2.23. The third-order valence-corrected chi connectivity index (χ3v) is 4.24. The van der Waals surface area contributed by atoms with Crippen molar-refractivity contribution in [2.75, 3.05) is 6.54 Å². The molecule has 2 aliphatic rings. The number of ether oxygens (including phenoxy) is 1. The second-order valence-electron chi connectivity index (χ2n) is 5.20. The van der Waals surface area contributed by atoms with Crippen molar-refractivity contribution in [2.24, 2.45) is 0 Å². The fourth-order valence-corrected chi connectivity index (χ4v) is 3.52. The molecule has 2 unspecified atom stereocenters. The topological polar surface area (TPSA) is 21.3 Å². The molecular formula is C14H18BrNO. The lowest BCUT2D eigenvalue weighted by molar-refractivity contribution is 0.253. The Labute approximate surface area is 111 Å². The molecule has 2 heterocycles. The molecule has 2 aliphatic heterocycles. The first kappa shape index (κ1) is 11.5. The summed E-state index contributed by atoms with van der Waals surface area (Å²) in [5.41, 5.74) is 2.78. The van der Waals surface area contributed by atoms with Gasteiger partial charge in [0.15, 0.2) is 0 Å². The predicted molar refractivity (Wildman–Crippen MR) is 72.7 cm³/mol. The predicted octanol–water partition coefficient (Wildman–Crippen LogP) is 3.07. The number of nitrogens with one attached hydrogen (secondary N) is 1. The van der Waals surface area contributed by atoms with Crippen LogP contribution in [0.5, 0.6) is 5.75 Å². The smallest absolute Gasteiger partial charge is 0.137 e. The van der Waals surface area contributed by atoms with Gasteiger partial charge in [-0.1, -0.05) is 6.07 Å².